The van der Waals surface area contributed by atoms with Gasteiger partial charge in [0.15, 0.2) is 0 Å². The third kappa shape index (κ3) is 60.1. The van der Waals surface area contributed by atoms with Gasteiger partial charge >= 0.3 is 7.82 Å². The van der Waals surface area contributed by atoms with Gasteiger partial charge in [0, 0.05) is 6.42 Å². The van der Waals surface area contributed by atoms with Gasteiger partial charge in [-0.15, -0.1) is 0 Å². The molecule has 0 aromatic rings. The summed E-state index contributed by atoms with van der Waals surface area (Å²) in [6, 6.07) is -0.766. The number of carbonyl (C=O) groups excluding carboxylic acids is 1. The molecule has 0 bridgehead atoms. The third-order valence-corrected chi connectivity index (χ3v) is 16.1. The summed E-state index contributed by atoms with van der Waals surface area (Å²) in [6.07, 6.45) is 77.7. The van der Waals surface area contributed by atoms with E-state index in [1.165, 1.54) is 231 Å². The summed E-state index contributed by atoms with van der Waals surface area (Å²) in [6.45, 7) is 4.81. The molecule has 0 fully saturated rings. The molecule has 0 heterocycles. The van der Waals surface area contributed by atoms with E-state index in [4.69, 9.17) is 9.05 Å². The van der Waals surface area contributed by atoms with Crippen molar-refractivity contribution in [3.63, 3.8) is 0 Å². The van der Waals surface area contributed by atoms with Gasteiger partial charge in [0.25, 0.3) is 0 Å². The molecule has 0 radical (unpaired) electrons. The molecule has 0 aromatic heterocycles. The van der Waals surface area contributed by atoms with E-state index >= 15 is 0 Å². The van der Waals surface area contributed by atoms with Crippen molar-refractivity contribution >= 4 is 13.7 Å². The van der Waals surface area contributed by atoms with Crippen molar-refractivity contribution in [1.29, 1.82) is 0 Å². The Morgan fingerprint density at radius 1 is 0.461 bits per heavy atom. The molecule has 3 atom stereocenters. The van der Waals surface area contributed by atoms with Gasteiger partial charge < -0.3 is 19.8 Å². The van der Waals surface area contributed by atoms with Crippen molar-refractivity contribution < 1.29 is 32.9 Å². The molecule has 76 heavy (non-hydrogen) atoms. The number of aliphatic hydroxyl groups is 1. The summed E-state index contributed by atoms with van der Waals surface area (Å²) in [5.74, 6) is -0.146. The van der Waals surface area contributed by atoms with Gasteiger partial charge in [-0.05, 0) is 51.4 Å². The van der Waals surface area contributed by atoms with Gasteiger partial charge in [0.2, 0.25) is 5.91 Å². The van der Waals surface area contributed by atoms with E-state index in [9.17, 15) is 19.4 Å². The average Bonchev–Trinajstić information content (AvgIpc) is 3.38. The topological polar surface area (TPSA) is 105 Å². The van der Waals surface area contributed by atoms with E-state index in [-0.39, 0.29) is 19.1 Å². The van der Waals surface area contributed by atoms with Gasteiger partial charge in [-0.25, -0.2) is 4.57 Å². The van der Waals surface area contributed by atoms with Crippen molar-refractivity contribution in [3.05, 3.63) is 48.6 Å². The quantitative estimate of drug-likeness (QED) is 0.0243. The highest BCUT2D eigenvalue weighted by molar-refractivity contribution is 7.47. The lowest BCUT2D eigenvalue weighted by Gasteiger charge is -2.26. The van der Waals surface area contributed by atoms with Gasteiger partial charge in [0.05, 0.1) is 39.9 Å². The lowest BCUT2D eigenvalue weighted by Crippen LogP contribution is -2.46. The fraction of sp³-hybridized carbons (Fsp3) is 0.866. The Kier molecular flexibility index (Phi) is 56.9. The van der Waals surface area contributed by atoms with Crippen LogP contribution in [0.25, 0.3) is 0 Å². The lowest BCUT2D eigenvalue weighted by atomic mass is 10.0. The molecule has 0 aliphatic rings. The summed E-state index contributed by atoms with van der Waals surface area (Å²) in [5, 5.41) is 14.1. The fourth-order valence-corrected chi connectivity index (χ4v) is 10.7. The number of aliphatic hydroxyl groups excluding tert-OH is 1. The van der Waals surface area contributed by atoms with Crippen molar-refractivity contribution in [2.24, 2.45) is 0 Å². The smallest absolute Gasteiger partial charge is 0.391 e. The zero-order valence-corrected chi connectivity index (χ0v) is 52.2. The number of likely N-dealkylation sites (N-methyl/N-ethyl adjacent to an activating group) is 1. The Labute approximate surface area is 473 Å². The van der Waals surface area contributed by atoms with Crippen LogP contribution in [0.2, 0.25) is 0 Å². The van der Waals surface area contributed by atoms with Crippen LogP contribution in [-0.4, -0.2) is 73.4 Å². The van der Waals surface area contributed by atoms with E-state index in [2.05, 4.69) is 67.8 Å². The number of quaternary nitrogens is 1. The van der Waals surface area contributed by atoms with E-state index in [1.54, 1.807) is 0 Å². The van der Waals surface area contributed by atoms with Crippen LogP contribution >= 0.6 is 7.82 Å². The first-order valence-electron chi connectivity index (χ1n) is 33.0. The number of carbonyl (C=O) groups is 1. The van der Waals surface area contributed by atoms with Crippen LogP contribution in [0, 0.1) is 0 Å². The van der Waals surface area contributed by atoms with Crippen molar-refractivity contribution in [2.45, 2.75) is 334 Å². The molecule has 0 aliphatic heterocycles. The van der Waals surface area contributed by atoms with Crippen LogP contribution in [0.3, 0.4) is 0 Å². The maximum Gasteiger partial charge on any atom is 0.472 e. The number of allylic oxidation sites excluding steroid dienone is 8. The van der Waals surface area contributed by atoms with Crippen LogP contribution in [0.15, 0.2) is 48.6 Å². The lowest BCUT2D eigenvalue weighted by molar-refractivity contribution is -0.870. The molecule has 1 amide bonds. The van der Waals surface area contributed by atoms with E-state index in [1.807, 2.05) is 21.1 Å². The standard InChI is InChI=1S/C67H129N2O6P/c1-6-8-10-12-14-16-18-20-22-24-26-28-30-31-32-33-34-35-36-37-39-40-42-44-46-48-50-52-54-56-58-60-66(70)65(64-75-76(72,73)74-63-62-69(3,4)5)68-67(71)61-59-57-55-53-51-49-47-45-43-41-38-29-27-25-23-21-19-17-15-13-11-9-7-2/h9,11,15,17,21,23,27,29,65-66,70H,6-8,10,12-14,16,18-20,22,24-26,28,30-64H2,1-5H3,(H-,68,71,72,73)/p+1/b11-9-,17-15-,23-21-,29-27-. The van der Waals surface area contributed by atoms with E-state index in [0.29, 0.717) is 23.9 Å². The van der Waals surface area contributed by atoms with Crippen LogP contribution in [0.5, 0.6) is 0 Å². The molecule has 0 spiro atoms. The molecule has 0 saturated heterocycles. The summed E-state index contributed by atoms with van der Waals surface area (Å²) >= 11 is 0. The Balaban J connectivity index is 4.05. The van der Waals surface area contributed by atoms with Gasteiger partial charge in [-0.3, -0.25) is 13.8 Å². The van der Waals surface area contributed by atoms with Crippen molar-refractivity contribution in [2.75, 3.05) is 40.9 Å². The first-order chi connectivity index (χ1) is 37.0. The second-order valence-corrected chi connectivity index (χ2v) is 25.3. The first kappa shape index (κ1) is 74.5. The normalized spacial score (nSPS) is 14.0. The number of hydrogen-bond donors (Lipinski definition) is 3. The minimum Gasteiger partial charge on any atom is -0.391 e. The van der Waals surface area contributed by atoms with Crippen molar-refractivity contribution in [1.82, 2.24) is 5.32 Å². The van der Waals surface area contributed by atoms with Crippen LogP contribution in [0.1, 0.15) is 322 Å². The summed E-state index contributed by atoms with van der Waals surface area (Å²) in [4.78, 5) is 23.4. The maximum absolute atomic E-state index is 13.0. The molecular weight excluding hydrogens is 960 g/mol. The SMILES string of the molecule is CC/C=C\C/C=C\C/C=C\C/C=C\CCCCCCCCCCCCC(=O)NC(COP(=O)(O)OCC[N+](C)(C)C)C(O)CCCCCCCCCCCCCCCCCCCCCCCCCCCCCCCCC. The highest BCUT2D eigenvalue weighted by Crippen LogP contribution is 2.43. The van der Waals surface area contributed by atoms with E-state index in [0.717, 1.165) is 64.2 Å². The Morgan fingerprint density at radius 2 is 0.789 bits per heavy atom. The molecule has 9 heteroatoms. The van der Waals surface area contributed by atoms with Crippen molar-refractivity contribution in [3.8, 4) is 0 Å². The molecule has 0 aliphatic carbocycles. The zero-order valence-electron chi connectivity index (χ0n) is 51.3. The Bertz CT molecular complexity index is 1380. The molecule has 0 rings (SSSR count). The first-order valence-corrected chi connectivity index (χ1v) is 34.5. The summed E-state index contributed by atoms with van der Waals surface area (Å²) in [7, 11) is 1.62. The number of hydrogen-bond acceptors (Lipinski definition) is 5. The molecule has 448 valence electrons. The Morgan fingerprint density at radius 3 is 1.16 bits per heavy atom. The number of phosphoric ester groups is 1. The van der Waals surface area contributed by atoms with E-state index < -0.39 is 20.0 Å². The maximum atomic E-state index is 13.0. The minimum absolute atomic E-state index is 0.0732. The van der Waals surface area contributed by atoms with Crippen LogP contribution < -0.4 is 5.32 Å². The number of rotatable bonds is 61. The second-order valence-electron chi connectivity index (χ2n) is 23.8. The molecule has 3 unspecified atom stereocenters. The van der Waals surface area contributed by atoms with Crippen LogP contribution in [0.4, 0.5) is 0 Å². The minimum atomic E-state index is -4.33. The number of unbranched alkanes of at least 4 members (excludes halogenated alkanes) is 40. The third-order valence-electron chi connectivity index (χ3n) is 15.1. The number of phosphoric acid groups is 1. The summed E-state index contributed by atoms with van der Waals surface area (Å²) < 4.78 is 23.9. The largest absolute Gasteiger partial charge is 0.472 e. The summed E-state index contributed by atoms with van der Waals surface area (Å²) in [5.41, 5.74) is 0. The predicted octanol–water partition coefficient (Wildman–Crippen LogP) is 20.7. The number of amides is 1. The molecule has 0 saturated carbocycles. The second kappa shape index (κ2) is 58.1. The Hall–Kier alpha value is -1.54. The van der Waals surface area contributed by atoms with Gasteiger partial charge in [-0.2, -0.15) is 0 Å². The average molecular weight is 1090 g/mol. The number of nitrogens with zero attached hydrogens (tertiary/aromatic N) is 1. The number of nitrogens with one attached hydrogen (secondary N) is 1. The molecule has 0 aromatic carbocycles. The van der Waals surface area contributed by atoms with Gasteiger partial charge in [0.1, 0.15) is 13.2 Å². The fourth-order valence-electron chi connectivity index (χ4n) is 9.98. The highest BCUT2D eigenvalue weighted by Gasteiger charge is 2.28. The molecule has 3 N–H and O–H groups in total. The monoisotopic (exact) mass is 1090 g/mol. The van der Waals surface area contributed by atoms with Gasteiger partial charge in [-0.1, -0.05) is 313 Å². The zero-order chi connectivity index (χ0) is 55.6. The highest BCUT2D eigenvalue weighted by atomic mass is 31.2. The molecule has 8 nitrogen and oxygen atoms in total. The molecular formula is C67H130N2O6P+. The van der Waals surface area contributed by atoms with Crippen LogP contribution in [-0.2, 0) is 18.4 Å². The predicted molar refractivity (Wildman–Crippen MR) is 332 cm³/mol.